The zero-order valence-electron chi connectivity index (χ0n) is 10.8. The molecule has 1 unspecified atom stereocenters. The molecule has 0 bridgehead atoms. The molecule has 0 amide bonds. The Bertz CT molecular complexity index is 453. The van der Waals surface area contributed by atoms with Crippen LogP contribution in [0.15, 0.2) is 23.7 Å². The molecule has 0 aliphatic heterocycles. The summed E-state index contributed by atoms with van der Waals surface area (Å²) in [6.45, 7) is 3.79. The van der Waals surface area contributed by atoms with Gasteiger partial charge >= 0.3 is 0 Å². The quantitative estimate of drug-likeness (QED) is 0.809. The highest BCUT2D eigenvalue weighted by molar-refractivity contribution is 7.13. The van der Waals surface area contributed by atoms with Crippen molar-refractivity contribution in [2.45, 2.75) is 25.9 Å². The van der Waals surface area contributed by atoms with Crippen molar-refractivity contribution in [3.8, 4) is 10.6 Å². The van der Waals surface area contributed by atoms with Crippen molar-refractivity contribution >= 4 is 11.3 Å². The molecule has 2 aromatic heterocycles. The molecule has 0 saturated heterocycles. The summed E-state index contributed by atoms with van der Waals surface area (Å²) in [4.78, 5) is 1.23. The average molecular weight is 265 g/mol. The van der Waals surface area contributed by atoms with E-state index in [1.54, 1.807) is 18.4 Å². The van der Waals surface area contributed by atoms with Gasteiger partial charge in [0.05, 0.1) is 16.8 Å². The lowest BCUT2D eigenvalue weighted by molar-refractivity contribution is 0.184. The molecule has 2 N–H and O–H groups in total. The van der Waals surface area contributed by atoms with Gasteiger partial charge in [-0.1, -0.05) is 6.07 Å². The lowest BCUT2D eigenvalue weighted by Crippen LogP contribution is -2.26. The molecule has 1 atom stereocenters. The molecule has 0 aliphatic carbocycles. The number of H-pyrrole nitrogens is 1. The number of hydrogen-bond acceptors (Lipinski definition) is 4. The lowest BCUT2D eigenvalue weighted by Gasteiger charge is -2.12. The number of hydrogen-bond donors (Lipinski definition) is 2. The minimum absolute atomic E-state index is 0.441. The smallest absolute Gasteiger partial charge is 0.0794 e. The van der Waals surface area contributed by atoms with Gasteiger partial charge in [-0.2, -0.15) is 5.10 Å². The van der Waals surface area contributed by atoms with E-state index in [4.69, 9.17) is 4.74 Å². The molecule has 0 radical (unpaired) electrons. The third-order valence-corrected chi connectivity index (χ3v) is 3.77. The number of nitrogens with one attached hydrogen (secondary N) is 2. The summed E-state index contributed by atoms with van der Waals surface area (Å²) >= 11 is 1.72. The van der Waals surface area contributed by atoms with E-state index in [2.05, 4.69) is 40.0 Å². The van der Waals surface area contributed by atoms with Gasteiger partial charge in [0.15, 0.2) is 0 Å². The predicted molar refractivity (Wildman–Crippen MR) is 74.7 cm³/mol. The van der Waals surface area contributed by atoms with Crippen LogP contribution < -0.4 is 5.32 Å². The Morgan fingerprint density at radius 3 is 3.17 bits per heavy atom. The summed E-state index contributed by atoms with van der Waals surface area (Å²) in [6, 6.07) is 4.60. The standard InChI is InChI=1S/C13H19N3OS/c1-10(5-6-17-2)14-8-11-9-15-16-13(11)12-4-3-7-18-12/h3-4,7,9-10,14H,5-6,8H2,1-2H3,(H,15,16). The van der Waals surface area contributed by atoms with Crippen LogP contribution >= 0.6 is 11.3 Å². The topological polar surface area (TPSA) is 49.9 Å². The van der Waals surface area contributed by atoms with E-state index in [1.165, 1.54) is 10.4 Å². The molecule has 98 valence electrons. The van der Waals surface area contributed by atoms with Gasteiger partial charge in [0.2, 0.25) is 0 Å². The summed E-state index contributed by atoms with van der Waals surface area (Å²) in [7, 11) is 1.73. The maximum atomic E-state index is 5.08. The van der Waals surface area contributed by atoms with Crippen LogP contribution in [-0.4, -0.2) is 30.0 Å². The molecular weight excluding hydrogens is 246 g/mol. The first kappa shape index (κ1) is 13.3. The van der Waals surface area contributed by atoms with Crippen LogP contribution in [0.4, 0.5) is 0 Å². The summed E-state index contributed by atoms with van der Waals surface area (Å²) < 4.78 is 5.08. The predicted octanol–water partition coefficient (Wildman–Crippen LogP) is 2.65. The fraction of sp³-hybridized carbons (Fsp3) is 0.462. The molecule has 0 aliphatic rings. The maximum Gasteiger partial charge on any atom is 0.0794 e. The minimum Gasteiger partial charge on any atom is -0.385 e. The second kappa shape index (κ2) is 6.68. The van der Waals surface area contributed by atoms with Crippen LogP contribution in [-0.2, 0) is 11.3 Å². The van der Waals surface area contributed by atoms with Gasteiger partial charge in [0.25, 0.3) is 0 Å². The zero-order valence-corrected chi connectivity index (χ0v) is 11.6. The molecule has 4 nitrogen and oxygen atoms in total. The van der Waals surface area contributed by atoms with Crippen molar-refractivity contribution in [1.29, 1.82) is 0 Å². The van der Waals surface area contributed by atoms with Crippen LogP contribution in [0.1, 0.15) is 18.9 Å². The van der Waals surface area contributed by atoms with Gasteiger partial charge in [-0.05, 0) is 24.8 Å². The van der Waals surface area contributed by atoms with E-state index in [-0.39, 0.29) is 0 Å². The monoisotopic (exact) mass is 265 g/mol. The van der Waals surface area contributed by atoms with E-state index >= 15 is 0 Å². The number of ether oxygens (including phenoxy) is 1. The summed E-state index contributed by atoms with van der Waals surface area (Å²) in [5, 5.41) is 12.8. The molecule has 0 spiro atoms. The van der Waals surface area contributed by atoms with Gasteiger partial charge in [-0.25, -0.2) is 0 Å². The second-order valence-electron chi connectivity index (χ2n) is 4.31. The van der Waals surface area contributed by atoms with Gasteiger partial charge in [-0.3, -0.25) is 5.10 Å². The molecular formula is C13H19N3OS. The van der Waals surface area contributed by atoms with E-state index < -0.39 is 0 Å². The molecule has 18 heavy (non-hydrogen) atoms. The lowest BCUT2D eigenvalue weighted by atomic mass is 10.2. The fourth-order valence-corrected chi connectivity index (χ4v) is 2.52. The Kier molecular flexibility index (Phi) is 4.92. The van der Waals surface area contributed by atoms with Crippen molar-refractivity contribution in [3.63, 3.8) is 0 Å². The van der Waals surface area contributed by atoms with Gasteiger partial charge in [-0.15, -0.1) is 11.3 Å². The van der Waals surface area contributed by atoms with E-state index in [0.29, 0.717) is 6.04 Å². The fourth-order valence-electron chi connectivity index (χ4n) is 1.76. The Hall–Kier alpha value is -1.17. The van der Waals surface area contributed by atoms with Crippen molar-refractivity contribution in [3.05, 3.63) is 29.3 Å². The first-order valence-electron chi connectivity index (χ1n) is 6.09. The van der Waals surface area contributed by atoms with Crippen molar-refractivity contribution in [2.24, 2.45) is 0 Å². The highest BCUT2D eigenvalue weighted by atomic mass is 32.1. The van der Waals surface area contributed by atoms with Crippen LogP contribution in [0.3, 0.4) is 0 Å². The number of rotatable bonds is 7. The normalized spacial score (nSPS) is 12.8. The summed E-state index contributed by atoms with van der Waals surface area (Å²) in [6.07, 6.45) is 2.91. The first-order valence-corrected chi connectivity index (χ1v) is 6.97. The third kappa shape index (κ3) is 3.41. The minimum atomic E-state index is 0.441. The number of aromatic amines is 1. The molecule has 2 heterocycles. The van der Waals surface area contributed by atoms with Gasteiger partial charge in [0, 0.05) is 31.9 Å². The largest absolute Gasteiger partial charge is 0.385 e. The van der Waals surface area contributed by atoms with E-state index in [1.807, 2.05) is 6.20 Å². The van der Waals surface area contributed by atoms with Crippen LogP contribution in [0.2, 0.25) is 0 Å². The zero-order chi connectivity index (χ0) is 12.8. The van der Waals surface area contributed by atoms with E-state index in [9.17, 15) is 0 Å². The highest BCUT2D eigenvalue weighted by Crippen LogP contribution is 2.25. The highest BCUT2D eigenvalue weighted by Gasteiger charge is 2.09. The number of methoxy groups -OCH3 is 1. The van der Waals surface area contributed by atoms with Crippen LogP contribution in [0.5, 0.6) is 0 Å². The molecule has 2 rings (SSSR count). The molecule has 0 aromatic carbocycles. The Morgan fingerprint density at radius 2 is 2.44 bits per heavy atom. The summed E-state index contributed by atoms with van der Waals surface area (Å²) in [5.74, 6) is 0. The van der Waals surface area contributed by atoms with Crippen molar-refractivity contribution in [1.82, 2.24) is 15.5 Å². The Balaban J connectivity index is 1.92. The third-order valence-electron chi connectivity index (χ3n) is 2.88. The number of nitrogens with zero attached hydrogens (tertiary/aromatic N) is 1. The van der Waals surface area contributed by atoms with Crippen molar-refractivity contribution in [2.75, 3.05) is 13.7 Å². The molecule has 5 heteroatoms. The maximum absolute atomic E-state index is 5.08. The summed E-state index contributed by atoms with van der Waals surface area (Å²) in [5.41, 5.74) is 2.33. The SMILES string of the molecule is COCCC(C)NCc1cn[nH]c1-c1cccs1. The van der Waals surface area contributed by atoms with Gasteiger partial charge < -0.3 is 10.1 Å². The number of aromatic nitrogens is 2. The average Bonchev–Trinajstić information content (AvgIpc) is 3.03. The van der Waals surface area contributed by atoms with Gasteiger partial charge in [0.1, 0.15) is 0 Å². The Morgan fingerprint density at radius 1 is 1.56 bits per heavy atom. The second-order valence-corrected chi connectivity index (χ2v) is 5.26. The molecule has 2 aromatic rings. The van der Waals surface area contributed by atoms with Crippen LogP contribution in [0, 0.1) is 0 Å². The van der Waals surface area contributed by atoms with Crippen molar-refractivity contribution < 1.29 is 4.74 Å². The molecule has 0 fully saturated rings. The van der Waals surface area contributed by atoms with Crippen LogP contribution in [0.25, 0.3) is 10.6 Å². The first-order chi connectivity index (χ1) is 8.81. The molecule has 0 saturated carbocycles. The Labute approximate surface area is 111 Å². The van der Waals surface area contributed by atoms with E-state index in [0.717, 1.165) is 25.3 Å². The number of thiophene rings is 1.